The molecule has 0 amide bonds. The lowest BCUT2D eigenvalue weighted by Crippen LogP contribution is -2.14. The largest absolute Gasteiger partial charge is 0.320 e. The summed E-state index contributed by atoms with van der Waals surface area (Å²) in [6.45, 7) is 0. The Morgan fingerprint density at radius 3 is 2.17 bits per heavy atom. The first-order valence-corrected chi connectivity index (χ1v) is 5.89. The van der Waals surface area contributed by atoms with Crippen LogP contribution < -0.4 is 5.73 Å². The third-order valence-electron chi connectivity index (χ3n) is 2.54. The molecule has 0 bridgehead atoms. The maximum absolute atomic E-state index is 13.6. The van der Waals surface area contributed by atoms with Gasteiger partial charge >= 0.3 is 0 Å². The Bertz CT molecular complexity index is 567. The van der Waals surface area contributed by atoms with Crippen molar-refractivity contribution in [2.45, 2.75) is 6.04 Å². The molecular formula is C13H9Cl2F2N. The summed E-state index contributed by atoms with van der Waals surface area (Å²) in [6.07, 6.45) is 0. The predicted molar refractivity (Wildman–Crippen MR) is 68.9 cm³/mol. The second kappa shape index (κ2) is 5.22. The van der Waals surface area contributed by atoms with Crippen LogP contribution in [0.25, 0.3) is 0 Å². The minimum Gasteiger partial charge on any atom is -0.320 e. The number of rotatable bonds is 2. The molecule has 0 fully saturated rings. The van der Waals surface area contributed by atoms with E-state index in [1.807, 2.05) is 0 Å². The van der Waals surface area contributed by atoms with E-state index in [0.717, 1.165) is 18.2 Å². The Balaban J connectivity index is 2.47. The Morgan fingerprint density at radius 1 is 0.944 bits per heavy atom. The summed E-state index contributed by atoms with van der Waals surface area (Å²) in [4.78, 5) is 0. The molecule has 2 aromatic rings. The van der Waals surface area contributed by atoms with Gasteiger partial charge in [0.2, 0.25) is 0 Å². The second-order valence-corrected chi connectivity index (χ2v) is 4.72. The van der Waals surface area contributed by atoms with Crippen molar-refractivity contribution in [1.29, 1.82) is 0 Å². The lowest BCUT2D eigenvalue weighted by atomic mass is 9.99. The molecule has 94 valence electrons. The SMILES string of the molecule is NC(c1cc(Cl)cc(Cl)c1)c1cc(F)ccc1F. The van der Waals surface area contributed by atoms with Crippen LogP contribution in [0.2, 0.25) is 10.0 Å². The Labute approximate surface area is 113 Å². The van der Waals surface area contributed by atoms with Crippen molar-refractivity contribution in [3.05, 3.63) is 69.2 Å². The lowest BCUT2D eigenvalue weighted by molar-refractivity contribution is 0.576. The highest BCUT2D eigenvalue weighted by Gasteiger charge is 2.15. The molecule has 5 heteroatoms. The van der Waals surface area contributed by atoms with Crippen LogP contribution in [0.5, 0.6) is 0 Å². The van der Waals surface area contributed by atoms with Crippen molar-refractivity contribution in [2.24, 2.45) is 5.73 Å². The fourth-order valence-corrected chi connectivity index (χ4v) is 2.23. The zero-order valence-corrected chi connectivity index (χ0v) is 10.6. The molecule has 0 saturated carbocycles. The van der Waals surface area contributed by atoms with Crippen molar-refractivity contribution >= 4 is 23.2 Å². The molecule has 0 aliphatic heterocycles. The maximum Gasteiger partial charge on any atom is 0.128 e. The molecule has 0 radical (unpaired) electrons. The minimum absolute atomic E-state index is 0.0633. The predicted octanol–water partition coefficient (Wildman–Crippen LogP) is 4.32. The van der Waals surface area contributed by atoms with Gasteiger partial charge in [0.1, 0.15) is 11.6 Å². The number of nitrogens with two attached hydrogens (primary N) is 1. The van der Waals surface area contributed by atoms with E-state index in [9.17, 15) is 8.78 Å². The number of halogens is 4. The summed E-state index contributed by atoms with van der Waals surface area (Å²) >= 11 is 11.7. The molecule has 2 rings (SSSR count). The zero-order valence-electron chi connectivity index (χ0n) is 9.13. The quantitative estimate of drug-likeness (QED) is 0.875. The second-order valence-electron chi connectivity index (χ2n) is 3.85. The van der Waals surface area contributed by atoms with E-state index >= 15 is 0 Å². The van der Waals surface area contributed by atoms with Crippen LogP contribution in [-0.2, 0) is 0 Å². The summed E-state index contributed by atoms with van der Waals surface area (Å²) in [7, 11) is 0. The third kappa shape index (κ3) is 2.80. The first kappa shape index (κ1) is 13.3. The van der Waals surface area contributed by atoms with E-state index < -0.39 is 17.7 Å². The van der Waals surface area contributed by atoms with Gasteiger partial charge in [-0.3, -0.25) is 0 Å². The Morgan fingerprint density at radius 2 is 1.56 bits per heavy atom. The van der Waals surface area contributed by atoms with Gasteiger partial charge < -0.3 is 5.73 Å². The van der Waals surface area contributed by atoms with E-state index in [1.165, 1.54) is 0 Å². The normalized spacial score (nSPS) is 12.5. The van der Waals surface area contributed by atoms with Gasteiger partial charge in [0.25, 0.3) is 0 Å². The van der Waals surface area contributed by atoms with Gasteiger partial charge in [-0.15, -0.1) is 0 Å². The van der Waals surface area contributed by atoms with E-state index in [2.05, 4.69) is 0 Å². The summed E-state index contributed by atoms with van der Waals surface area (Å²) in [5, 5.41) is 0.787. The van der Waals surface area contributed by atoms with Gasteiger partial charge in [-0.1, -0.05) is 23.2 Å². The smallest absolute Gasteiger partial charge is 0.128 e. The summed E-state index contributed by atoms with van der Waals surface area (Å²) in [6, 6.07) is 7.01. The van der Waals surface area contributed by atoms with E-state index in [1.54, 1.807) is 18.2 Å². The van der Waals surface area contributed by atoms with Crippen molar-refractivity contribution < 1.29 is 8.78 Å². The van der Waals surface area contributed by atoms with Crippen LogP contribution in [0.15, 0.2) is 36.4 Å². The fraction of sp³-hybridized carbons (Fsp3) is 0.0769. The molecule has 0 saturated heterocycles. The highest BCUT2D eigenvalue weighted by Crippen LogP contribution is 2.27. The molecule has 18 heavy (non-hydrogen) atoms. The summed E-state index contributed by atoms with van der Waals surface area (Å²) in [5.74, 6) is -1.12. The highest BCUT2D eigenvalue weighted by molar-refractivity contribution is 6.34. The van der Waals surface area contributed by atoms with Gasteiger partial charge in [-0.05, 0) is 42.0 Å². The molecule has 0 aliphatic carbocycles. The molecule has 2 aromatic carbocycles. The Kier molecular flexibility index (Phi) is 3.85. The van der Waals surface area contributed by atoms with Gasteiger partial charge in [-0.2, -0.15) is 0 Å². The fourth-order valence-electron chi connectivity index (χ4n) is 1.69. The molecular weight excluding hydrogens is 279 g/mol. The molecule has 0 aliphatic rings. The van der Waals surface area contributed by atoms with Gasteiger partial charge in [0, 0.05) is 15.6 Å². The number of benzene rings is 2. The molecule has 1 nitrogen and oxygen atoms in total. The summed E-state index contributed by atoms with van der Waals surface area (Å²) in [5.41, 5.74) is 6.49. The molecule has 1 unspecified atom stereocenters. The molecule has 2 N–H and O–H groups in total. The highest BCUT2D eigenvalue weighted by atomic mass is 35.5. The Hall–Kier alpha value is -1.16. The topological polar surface area (TPSA) is 26.0 Å². The van der Waals surface area contributed by atoms with Crippen LogP contribution >= 0.6 is 23.2 Å². The van der Waals surface area contributed by atoms with Gasteiger partial charge in [-0.25, -0.2) is 8.78 Å². The van der Waals surface area contributed by atoms with Crippen LogP contribution in [0, 0.1) is 11.6 Å². The van der Waals surface area contributed by atoms with Crippen molar-refractivity contribution in [3.8, 4) is 0 Å². The van der Waals surface area contributed by atoms with Crippen molar-refractivity contribution in [2.75, 3.05) is 0 Å². The van der Waals surface area contributed by atoms with E-state index in [-0.39, 0.29) is 5.56 Å². The van der Waals surface area contributed by atoms with Crippen molar-refractivity contribution in [1.82, 2.24) is 0 Å². The van der Waals surface area contributed by atoms with E-state index in [0.29, 0.717) is 15.6 Å². The van der Waals surface area contributed by atoms with Crippen LogP contribution in [0.1, 0.15) is 17.2 Å². The average molecular weight is 288 g/mol. The summed E-state index contributed by atoms with van der Waals surface area (Å²) < 4.78 is 26.7. The average Bonchev–Trinajstić information content (AvgIpc) is 2.30. The lowest BCUT2D eigenvalue weighted by Gasteiger charge is -2.14. The third-order valence-corrected chi connectivity index (χ3v) is 2.97. The van der Waals surface area contributed by atoms with E-state index in [4.69, 9.17) is 28.9 Å². The molecule has 0 aromatic heterocycles. The molecule has 1 atom stereocenters. The van der Waals surface area contributed by atoms with Crippen LogP contribution in [-0.4, -0.2) is 0 Å². The number of hydrogen-bond donors (Lipinski definition) is 1. The monoisotopic (exact) mass is 287 g/mol. The van der Waals surface area contributed by atoms with Gasteiger partial charge in [0.15, 0.2) is 0 Å². The molecule has 0 heterocycles. The standard InChI is InChI=1S/C13H9Cl2F2N/c14-8-3-7(4-9(15)5-8)13(18)11-6-10(16)1-2-12(11)17/h1-6,13H,18H2. The number of hydrogen-bond acceptors (Lipinski definition) is 1. The first-order chi connectivity index (χ1) is 8.47. The van der Waals surface area contributed by atoms with Crippen LogP contribution in [0.4, 0.5) is 8.78 Å². The molecule has 0 spiro atoms. The van der Waals surface area contributed by atoms with Gasteiger partial charge in [0.05, 0.1) is 6.04 Å². The zero-order chi connectivity index (χ0) is 13.3. The maximum atomic E-state index is 13.6. The first-order valence-electron chi connectivity index (χ1n) is 5.14. The van der Waals surface area contributed by atoms with Crippen LogP contribution in [0.3, 0.4) is 0 Å². The van der Waals surface area contributed by atoms with Crippen molar-refractivity contribution in [3.63, 3.8) is 0 Å². The minimum atomic E-state index is -0.822.